The second-order valence-electron chi connectivity index (χ2n) is 2.81. The van der Waals surface area contributed by atoms with Gasteiger partial charge in [0, 0.05) is 12.4 Å². The Balaban J connectivity index is 2.69. The van der Waals surface area contributed by atoms with Gasteiger partial charge in [-0.2, -0.15) is 0 Å². The van der Waals surface area contributed by atoms with Crippen LogP contribution in [0.3, 0.4) is 0 Å². The summed E-state index contributed by atoms with van der Waals surface area (Å²) < 4.78 is 1.51. The zero-order valence-corrected chi connectivity index (χ0v) is 6.64. The highest BCUT2D eigenvalue weighted by Crippen LogP contribution is 2.06. The number of carboxylic acid groups (broad SMARTS) is 1. The number of carboxylic acids is 1. The SMILES string of the molecule is CC(O)(Cn1ccnc1)C(=O)O. The first-order chi connectivity index (χ1) is 5.52. The summed E-state index contributed by atoms with van der Waals surface area (Å²) in [6, 6.07) is 0. The first-order valence-corrected chi connectivity index (χ1v) is 3.44. The van der Waals surface area contributed by atoms with Crippen molar-refractivity contribution in [3.8, 4) is 0 Å². The van der Waals surface area contributed by atoms with E-state index in [1.807, 2.05) is 0 Å². The number of aliphatic carboxylic acids is 1. The van der Waals surface area contributed by atoms with Gasteiger partial charge in [-0.1, -0.05) is 0 Å². The largest absolute Gasteiger partial charge is 0.479 e. The molecule has 66 valence electrons. The molecule has 0 bridgehead atoms. The molecule has 1 atom stereocenters. The number of rotatable bonds is 3. The summed E-state index contributed by atoms with van der Waals surface area (Å²) >= 11 is 0. The molecule has 5 heteroatoms. The van der Waals surface area contributed by atoms with Gasteiger partial charge in [0.2, 0.25) is 0 Å². The van der Waals surface area contributed by atoms with Crippen LogP contribution in [0.2, 0.25) is 0 Å². The Kier molecular flexibility index (Phi) is 2.14. The van der Waals surface area contributed by atoms with Crippen molar-refractivity contribution in [2.45, 2.75) is 19.1 Å². The minimum Gasteiger partial charge on any atom is -0.479 e. The molecule has 0 aliphatic carbocycles. The Morgan fingerprint density at radius 3 is 2.83 bits per heavy atom. The number of hydrogen-bond donors (Lipinski definition) is 2. The third-order valence-corrected chi connectivity index (χ3v) is 1.51. The quantitative estimate of drug-likeness (QED) is 0.654. The number of hydrogen-bond acceptors (Lipinski definition) is 3. The van der Waals surface area contributed by atoms with Gasteiger partial charge in [0.1, 0.15) is 0 Å². The van der Waals surface area contributed by atoms with Crippen LogP contribution in [-0.2, 0) is 11.3 Å². The third kappa shape index (κ3) is 1.82. The third-order valence-electron chi connectivity index (χ3n) is 1.51. The molecule has 0 aliphatic rings. The van der Waals surface area contributed by atoms with Gasteiger partial charge in [-0.25, -0.2) is 9.78 Å². The van der Waals surface area contributed by atoms with Crippen molar-refractivity contribution in [2.24, 2.45) is 0 Å². The molecular formula is C7H10N2O3. The molecule has 1 rings (SSSR count). The van der Waals surface area contributed by atoms with Crippen molar-refractivity contribution in [1.29, 1.82) is 0 Å². The molecule has 0 spiro atoms. The van der Waals surface area contributed by atoms with Crippen LogP contribution in [-0.4, -0.2) is 31.3 Å². The molecule has 0 saturated heterocycles. The van der Waals surface area contributed by atoms with Crippen LogP contribution in [0.4, 0.5) is 0 Å². The zero-order chi connectivity index (χ0) is 9.19. The molecule has 1 unspecified atom stereocenters. The van der Waals surface area contributed by atoms with E-state index in [-0.39, 0.29) is 6.54 Å². The second-order valence-corrected chi connectivity index (χ2v) is 2.81. The summed E-state index contributed by atoms with van der Waals surface area (Å²) in [4.78, 5) is 14.2. The number of imidazole rings is 1. The lowest BCUT2D eigenvalue weighted by Gasteiger charge is -2.17. The molecule has 0 amide bonds. The highest BCUT2D eigenvalue weighted by atomic mass is 16.4. The zero-order valence-electron chi connectivity index (χ0n) is 6.64. The smallest absolute Gasteiger partial charge is 0.337 e. The van der Waals surface area contributed by atoms with Gasteiger partial charge in [-0.3, -0.25) is 0 Å². The molecule has 1 aromatic heterocycles. The van der Waals surface area contributed by atoms with E-state index >= 15 is 0 Å². The van der Waals surface area contributed by atoms with Crippen LogP contribution >= 0.6 is 0 Å². The number of aliphatic hydroxyl groups is 1. The summed E-state index contributed by atoms with van der Waals surface area (Å²) in [6.07, 6.45) is 4.58. The van der Waals surface area contributed by atoms with Crippen LogP contribution in [0.1, 0.15) is 6.92 Å². The van der Waals surface area contributed by atoms with Crippen LogP contribution in [0.15, 0.2) is 18.7 Å². The Labute approximate surface area is 69.3 Å². The van der Waals surface area contributed by atoms with Gasteiger partial charge in [0.15, 0.2) is 5.60 Å². The molecular weight excluding hydrogens is 160 g/mol. The highest BCUT2D eigenvalue weighted by molar-refractivity contribution is 5.76. The van der Waals surface area contributed by atoms with Crippen LogP contribution in [0.5, 0.6) is 0 Å². The normalized spacial score (nSPS) is 15.5. The van der Waals surface area contributed by atoms with E-state index in [1.54, 1.807) is 6.20 Å². The van der Waals surface area contributed by atoms with Gasteiger partial charge >= 0.3 is 5.97 Å². The predicted molar refractivity (Wildman–Crippen MR) is 40.5 cm³/mol. The fourth-order valence-corrected chi connectivity index (χ4v) is 0.803. The molecule has 0 aliphatic heterocycles. The van der Waals surface area contributed by atoms with Crippen molar-refractivity contribution in [3.05, 3.63) is 18.7 Å². The van der Waals surface area contributed by atoms with E-state index < -0.39 is 11.6 Å². The average molecular weight is 170 g/mol. The van der Waals surface area contributed by atoms with Crippen LogP contribution in [0.25, 0.3) is 0 Å². The summed E-state index contributed by atoms with van der Waals surface area (Å²) in [6.45, 7) is 1.25. The molecule has 1 heterocycles. The summed E-state index contributed by atoms with van der Waals surface area (Å²) in [7, 11) is 0. The van der Waals surface area contributed by atoms with Crippen molar-refractivity contribution in [3.63, 3.8) is 0 Å². The summed E-state index contributed by atoms with van der Waals surface area (Å²) in [5.74, 6) is -1.24. The Morgan fingerprint density at radius 1 is 1.75 bits per heavy atom. The number of nitrogens with zero attached hydrogens (tertiary/aromatic N) is 2. The Bertz CT molecular complexity index is 266. The minimum atomic E-state index is -1.74. The van der Waals surface area contributed by atoms with Crippen molar-refractivity contribution in [2.75, 3.05) is 0 Å². The molecule has 1 aromatic rings. The van der Waals surface area contributed by atoms with Crippen molar-refractivity contribution < 1.29 is 15.0 Å². The van der Waals surface area contributed by atoms with Gasteiger partial charge in [0.05, 0.1) is 12.9 Å². The van der Waals surface area contributed by atoms with E-state index in [0.717, 1.165) is 0 Å². The number of carbonyl (C=O) groups is 1. The molecule has 12 heavy (non-hydrogen) atoms. The van der Waals surface area contributed by atoms with E-state index in [9.17, 15) is 9.90 Å². The molecule has 0 saturated carbocycles. The van der Waals surface area contributed by atoms with Crippen molar-refractivity contribution >= 4 is 5.97 Å². The van der Waals surface area contributed by atoms with E-state index in [1.165, 1.54) is 24.0 Å². The van der Waals surface area contributed by atoms with Crippen LogP contribution in [0, 0.1) is 0 Å². The van der Waals surface area contributed by atoms with E-state index in [4.69, 9.17) is 5.11 Å². The van der Waals surface area contributed by atoms with Crippen LogP contribution < -0.4 is 0 Å². The predicted octanol–water partition coefficient (Wildman–Crippen LogP) is -0.281. The minimum absolute atomic E-state index is 0.00231. The monoisotopic (exact) mass is 170 g/mol. The lowest BCUT2D eigenvalue weighted by molar-refractivity contribution is -0.157. The molecule has 5 nitrogen and oxygen atoms in total. The first kappa shape index (κ1) is 8.73. The maximum absolute atomic E-state index is 10.5. The van der Waals surface area contributed by atoms with Gasteiger partial charge in [-0.05, 0) is 6.92 Å². The Hall–Kier alpha value is -1.36. The highest BCUT2D eigenvalue weighted by Gasteiger charge is 2.29. The molecule has 0 fully saturated rings. The molecule has 2 N–H and O–H groups in total. The maximum Gasteiger partial charge on any atom is 0.337 e. The van der Waals surface area contributed by atoms with E-state index in [0.29, 0.717) is 0 Å². The lowest BCUT2D eigenvalue weighted by atomic mass is 10.1. The fraction of sp³-hybridized carbons (Fsp3) is 0.429. The average Bonchev–Trinajstić information content (AvgIpc) is 2.38. The standard InChI is InChI=1S/C7H10N2O3/c1-7(12,6(10)11)4-9-3-2-8-5-9/h2-3,5,12H,4H2,1H3,(H,10,11). The summed E-state index contributed by atoms with van der Waals surface area (Å²) in [5, 5.41) is 17.9. The van der Waals surface area contributed by atoms with Gasteiger partial charge < -0.3 is 14.8 Å². The Morgan fingerprint density at radius 2 is 2.42 bits per heavy atom. The second kappa shape index (κ2) is 2.94. The van der Waals surface area contributed by atoms with E-state index in [2.05, 4.69) is 4.98 Å². The van der Waals surface area contributed by atoms with Crippen molar-refractivity contribution in [1.82, 2.24) is 9.55 Å². The van der Waals surface area contributed by atoms with Gasteiger partial charge in [-0.15, -0.1) is 0 Å². The molecule has 0 aromatic carbocycles. The first-order valence-electron chi connectivity index (χ1n) is 3.44. The maximum atomic E-state index is 10.5. The summed E-state index contributed by atoms with van der Waals surface area (Å²) in [5.41, 5.74) is -1.74. The molecule has 0 radical (unpaired) electrons. The fourth-order valence-electron chi connectivity index (χ4n) is 0.803. The topological polar surface area (TPSA) is 75.3 Å². The number of aromatic nitrogens is 2. The lowest BCUT2D eigenvalue weighted by Crippen LogP contribution is -2.39. The van der Waals surface area contributed by atoms with Gasteiger partial charge in [0.25, 0.3) is 0 Å².